The van der Waals surface area contributed by atoms with Crippen LogP contribution in [0.4, 0.5) is 0 Å². The van der Waals surface area contributed by atoms with Crippen LogP contribution in [0.2, 0.25) is 0 Å². The first-order valence-electron chi connectivity index (χ1n) is 6.12. The molecule has 1 aliphatic heterocycles. The van der Waals surface area contributed by atoms with E-state index in [1.807, 2.05) is 6.92 Å². The van der Waals surface area contributed by atoms with Crippen LogP contribution in [0.1, 0.15) is 27.7 Å². The third kappa shape index (κ3) is 3.76. The maximum Gasteiger partial charge on any atom is 0.0947 e. The minimum atomic E-state index is 0.182. The molecule has 0 spiro atoms. The van der Waals surface area contributed by atoms with Crippen molar-refractivity contribution in [3.63, 3.8) is 0 Å². The second-order valence-electron chi connectivity index (χ2n) is 5.81. The number of hydrogen-bond donors (Lipinski definition) is 2. The lowest BCUT2D eigenvalue weighted by molar-refractivity contribution is 0.0597. The molecule has 1 rings (SSSR count). The third-order valence-electron chi connectivity index (χ3n) is 3.38. The smallest absolute Gasteiger partial charge is 0.0947 e. The number of rotatable bonds is 3. The Bertz CT molecular complexity index is 236. The summed E-state index contributed by atoms with van der Waals surface area (Å²) in [6.07, 6.45) is 0. The first-order chi connectivity index (χ1) is 7.30. The Morgan fingerprint density at radius 2 is 1.75 bits per heavy atom. The fourth-order valence-corrected chi connectivity index (χ4v) is 2.09. The highest BCUT2D eigenvalue weighted by Gasteiger charge is 2.26. The number of amidine groups is 1. The molecule has 4 nitrogen and oxygen atoms in total. The number of hydrogen-bond acceptors (Lipinski definition) is 3. The van der Waals surface area contributed by atoms with Crippen LogP contribution in [0, 0.1) is 11.3 Å². The fourth-order valence-electron chi connectivity index (χ4n) is 2.09. The highest BCUT2D eigenvalue weighted by atomic mass is 15.3. The standard InChI is InChI=1S/C12H26N4/c1-10(11(13)14)9-15-5-7-16(8-6-15)12(2,3)4/h10H,5-9H2,1-4H3,(H3,13,14). The van der Waals surface area contributed by atoms with Crippen LogP contribution >= 0.6 is 0 Å². The molecule has 1 heterocycles. The molecule has 0 bridgehead atoms. The van der Waals surface area contributed by atoms with E-state index >= 15 is 0 Å². The van der Waals surface area contributed by atoms with E-state index in [0.717, 1.165) is 32.7 Å². The summed E-state index contributed by atoms with van der Waals surface area (Å²) in [5.41, 5.74) is 5.77. The van der Waals surface area contributed by atoms with Crippen LogP contribution in [0.3, 0.4) is 0 Å². The summed E-state index contributed by atoms with van der Waals surface area (Å²) < 4.78 is 0. The normalized spacial score (nSPS) is 22.0. The molecular weight excluding hydrogens is 200 g/mol. The van der Waals surface area contributed by atoms with Gasteiger partial charge in [0.15, 0.2) is 0 Å². The SMILES string of the molecule is CC(CN1CCN(C(C)(C)C)CC1)C(=N)N. The Morgan fingerprint density at radius 1 is 1.25 bits per heavy atom. The lowest BCUT2D eigenvalue weighted by atomic mass is 10.0. The third-order valence-corrected chi connectivity index (χ3v) is 3.38. The summed E-state index contributed by atoms with van der Waals surface area (Å²) in [5.74, 6) is 0.486. The molecule has 1 unspecified atom stereocenters. The van der Waals surface area contributed by atoms with Gasteiger partial charge in [-0.2, -0.15) is 0 Å². The van der Waals surface area contributed by atoms with Crippen molar-refractivity contribution < 1.29 is 0 Å². The van der Waals surface area contributed by atoms with E-state index in [-0.39, 0.29) is 11.5 Å². The summed E-state index contributed by atoms with van der Waals surface area (Å²) in [6.45, 7) is 14.2. The van der Waals surface area contributed by atoms with Crippen molar-refractivity contribution in [3.05, 3.63) is 0 Å². The molecule has 0 radical (unpaired) electrons. The van der Waals surface area contributed by atoms with Crippen molar-refractivity contribution in [2.24, 2.45) is 11.7 Å². The largest absolute Gasteiger partial charge is 0.387 e. The molecule has 0 aliphatic carbocycles. The summed E-state index contributed by atoms with van der Waals surface area (Å²) in [5, 5.41) is 7.40. The maximum atomic E-state index is 7.40. The first-order valence-corrected chi connectivity index (χ1v) is 6.12. The summed E-state index contributed by atoms with van der Waals surface area (Å²) in [4.78, 5) is 4.93. The van der Waals surface area contributed by atoms with Gasteiger partial charge in [0.1, 0.15) is 0 Å². The second-order valence-corrected chi connectivity index (χ2v) is 5.81. The number of piperazine rings is 1. The average molecular weight is 226 g/mol. The average Bonchev–Trinajstić information content (AvgIpc) is 2.17. The van der Waals surface area contributed by atoms with Gasteiger partial charge in [0.2, 0.25) is 0 Å². The summed E-state index contributed by atoms with van der Waals surface area (Å²) in [6, 6.07) is 0. The zero-order chi connectivity index (χ0) is 12.3. The number of nitrogens with zero attached hydrogens (tertiary/aromatic N) is 2. The van der Waals surface area contributed by atoms with Crippen LogP contribution in [0.15, 0.2) is 0 Å². The lowest BCUT2D eigenvalue weighted by Crippen LogP contribution is -2.54. The summed E-state index contributed by atoms with van der Waals surface area (Å²) in [7, 11) is 0. The van der Waals surface area contributed by atoms with E-state index in [1.165, 1.54) is 0 Å². The first kappa shape index (κ1) is 13.5. The van der Waals surface area contributed by atoms with Crippen molar-refractivity contribution in [3.8, 4) is 0 Å². The molecule has 94 valence electrons. The highest BCUT2D eigenvalue weighted by Crippen LogP contribution is 2.16. The Labute approximate surface area is 99.3 Å². The minimum absolute atomic E-state index is 0.182. The second kappa shape index (κ2) is 5.15. The van der Waals surface area contributed by atoms with Gasteiger partial charge in [0, 0.05) is 44.2 Å². The highest BCUT2D eigenvalue weighted by molar-refractivity contribution is 5.79. The molecule has 0 saturated carbocycles. The van der Waals surface area contributed by atoms with Crippen LogP contribution in [-0.2, 0) is 0 Å². The van der Waals surface area contributed by atoms with Crippen LogP contribution in [0.25, 0.3) is 0 Å². The molecular formula is C12H26N4. The van der Waals surface area contributed by atoms with Crippen molar-refractivity contribution in [2.45, 2.75) is 33.2 Å². The Balaban J connectivity index is 2.35. The molecule has 1 aliphatic rings. The van der Waals surface area contributed by atoms with Crippen molar-refractivity contribution in [1.29, 1.82) is 5.41 Å². The van der Waals surface area contributed by atoms with E-state index < -0.39 is 0 Å². The lowest BCUT2D eigenvalue weighted by Gasteiger charge is -2.42. The van der Waals surface area contributed by atoms with E-state index in [0.29, 0.717) is 5.84 Å². The van der Waals surface area contributed by atoms with Gasteiger partial charge in [-0.15, -0.1) is 0 Å². The van der Waals surface area contributed by atoms with Crippen molar-refractivity contribution in [1.82, 2.24) is 9.80 Å². The molecule has 16 heavy (non-hydrogen) atoms. The maximum absolute atomic E-state index is 7.40. The van der Waals surface area contributed by atoms with Gasteiger partial charge in [-0.1, -0.05) is 6.92 Å². The van der Waals surface area contributed by atoms with Gasteiger partial charge in [-0.25, -0.2) is 0 Å². The van der Waals surface area contributed by atoms with Crippen molar-refractivity contribution in [2.75, 3.05) is 32.7 Å². The van der Waals surface area contributed by atoms with E-state index in [4.69, 9.17) is 11.1 Å². The van der Waals surface area contributed by atoms with Crippen LogP contribution in [-0.4, -0.2) is 53.9 Å². The van der Waals surface area contributed by atoms with Gasteiger partial charge in [-0.05, 0) is 20.8 Å². The topological polar surface area (TPSA) is 56.4 Å². The van der Waals surface area contributed by atoms with Crippen LogP contribution in [0.5, 0.6) is 0 Å². The van der Waals surface area contributed by atoms with Gasteiger partial charge < -0.3 is 10.6 Å². The van der Waals surface area contributed by atoms with E-state index in [2.05, 4.69) is 30.6 Å². The molecule has 4 heteroatoms. The zero-order valence-corrected chi connectivity index (χ0v) is 11.1. The quantitative estimate of drug-likeness (QED) is 0.557. The Morgan fingerprint density at radius 3 is 2.12 bits per heavy atom. The minimum Gasteiger partial charge on any atom is -0.387 e. The molecule has 0 aromatic heterocycles. The molecule has 1 atom stereocenters. The van der Waals surface area contributed by atoms with Crippen LogP contribution < -0.4 is 5.73 Å². The van der Waals surface area contributed by atoms with Gasteiger partial charge >= 0.3 is 0 Å². The fraction of sp³-hybridized carbons (Fsp3) is 0.917. The summed E-state index contributed by atoms with van der Waals surface area (Å²) >= 11 is 0. The predicted octanol–water partition coefficient (Wildman–Crippen LogP) is 0.975. The monoisotopic (exact) mass is 226 g/mol. The Hall–Kier alpha value is -0.610. The van der Waals surface area contributed by atoms with Gasteiger partial charge in [0.25, 0.3) is 0 Å². The molecule has 0 aromatic rings. The number of nitrogens with two attached hydrogens (primary N) is 1. The molecule has 1 fully saturated rings. The predicted molar refractivity (Wildman–Crippen MR) is 68.8 cm³/mol. The van der Waals surface area contributed by atoms with E-state index in [9.17, 15) is 0 Å². The molecule has 1 saturated heterocycles. The molecule has 0 amide bonds. The number of nitrogens with one attached hydrogen (secondary N) is 1. The van der Waals surface area contributed by atoms with Crippen molar-refractivity contribution >= 4 is 5.84 Å². The zero-order valence-electron chi connectivity index (χ0n) is 11.1. The Kier molecular flexibility index (Phi) is 4.33. The van der Waals surface area contributed by atoms with Gasteiger partial charge in [0.05, 0.1) is 5.84 Å². The molecule has 0 aromatic carbocycles. The van der Waals surface area contributed by atoms with E-state index in [1.54, 1.807) is 0 Å². The van der Waals surface area contributed by atoms with Gasteiger partial charge in [-0.3, -0.25) is 10.3 Å². The molecule has 3 N–H and O–H groups in total.